The summed E-state index contributed by atoms with van der Waals surface area (Å²) < 4.78 is 0. The average Bonchev–Trinajstić information content (AvgIpc) is 2.38. The number of hydrogen-bond donors (Lipinski definition) is 2. The highest BCUT2D eigenvalue weighted by molar-refractivity contribution is 6.30. The van der Waals surface area contributed by atoms with E-state index in [1.165, 1.54) is 0 Å². The monoisotopic (exact) mass is 282 g/mol. The highest BCUT2D eigenvalue weighted by Crippen LogP contribution is 2.09. The zero-order valence-corrected chi connectivity index (χ0v) is 12.0. The Balaban J connectivity index is 2.42. The van der Waals surface area contributed by atoms with Crippen molar-refractivity contribution in [2.75, 3.05) is 6.54 Å². The molecule has 0 bridgehead atoms. The van der Waals surface area contributed by atoms with Gasteiger partial charge >= 0.3 is 0 Å². The Bertz CT molecular complexity index is 432. The van der Waals surface area contributed by atoms with Crippen molar-refractivity contribution in [1.29, 1.82) is 0 Å². The normalized spacial score (nSPS) is 11.7. The number of benzene rings is 1. The van der Waals surface area contributed by atoms with Gasteiger partial charge < -0.3 is 10.6 Å². The van der Waals surface area contributed by atoms with Crippen molar-refractivity contribution in [2.45, 2.75) is 32.7 Å². The van der Waals surface area contributed by atoms with Gasteiger partial charge in [-0.05, 0) is 31.0 Å². The molecule has 0 aliphatic heterocycles. The van der Waals surface area contributed by atoms with Gasteiger partial charge in [0.25, 0.3) is 0 Å². The lowest BCUT2D eigenvalue weighted by Crippen LogP contribution is -2.45. The first-order valence-corrected chi connectivity index (χ1v) is 6.72. The summed E-state index contributed by atoms with van der Waals surface area (Å²) in [4.78, 5) is 23.4. The van der Waals surface area contributed by atoms with Crippen molar-refractivity contribution in [1.82, 2.24) is 10.6 Å². The third-order valence-electron chi connectivity index (χ3n) is 2.60. The van der Waals surface area contributed by atoms with E-state index in [2.05, 4.69) is 10.6 Å². The molecule has 0 aliphatic rings. The Kier molecular flexibility index (Phi) is 6.36. The van der Waals surface area contributed by atoms with E-state index in [4.69, 9.17) is 11.6 Å². The summed E-state index contributed by atoms with van der Waals surface area (Å²) in [6.07, 6.45) is 1.11. The highest BCUT2D eigenvalue weighted by Gasteiger charge is 2.14. The van der Waals surface area contributed by atoms with E-state index in [9.17, 15) is 9.59 Å². The van der Waals surface area contributed by atoms with Gasteiger partial charge in [-0.15, -0.1) is 0 Å². The maximum atomic E-state index is 11.8. The molecule has 2 amide bonds. The molecule has 104 valence electrons. The third kappa shape index (κ3) is 5.75. The van der Waals surface area contributed by atoms with Crippen molar-refractivity contribution >= 4 is 23.4 Å². The molecule has 0 fully saturated rings. The van der Waals surface area contributed by atoms with Crippen LogP contribution in [0.4, 0.5) is 0 Å². The van der Waals surface area contributed by atoms with Gasteiger partial charge in [-0.3, -0.25) is 9.59 Å². The predicted octanol–water partition coefficient (Wildman–Crippen LogP) is 1.91. The van der Waals surface area contributed by atoms with Crippen LogP contribution >= 0.6 is 11.6 Å². The minimum Gasteiger partial charge on any atom is -0.354 e. The lowest BCUT2D eigenvalue weighted by atomic mass is 10.1. The van der Waals surface area contributed by atoms with Gasteiger partial charge in [0.1, 0.15) is 6.04 Å². The second-order valence-electron chi connectivity index (χ2n) is 4.38. The predicted molar refractivity (Wildman–Crippen MR) is 76.1 cm³/mol. The number of rotatable bonds is 6. The topological polar surface area (TPSA) is 58.2 Å². The number of amides is 2. The van der Waals surface area contributed by atoms with E-state index < -0.39 is 6.04 Å². The number of carbonyl (C=O) groups is 2. The molecule has 1 aromatic carbocycles. The zero-order valence-electron chi connectivity index (χ0n) is 11.2. The Labute approximate surface area is 118 Å². The van der Waals surface area contributed by atoms with Crippen LogP contribution in [0, 0.1) is 0 Å². The Hall–Kier alpha value is -1.55. The fourth-order valence-corrected chi connectivity index (χ4v) is 1.67. The molecule has 0 aromatic heterocycles. The van der Waals surface area contributed by atoms with Crippen LogP contribution in [0.3, 0.4) is 0 Å². The van der Waals surface area contributed by atoms with Crippen LogP contribution in [0.1, 0.15) is 25.8 Å². The first-order valence-electron chi connectivity index (χ1n) is 6.34. The minimum absolute atomic E-state index is 0.161. The average molecular weight is 283 g/mol. The molecule has 4 nitrogen and oxygen atoms in total. The van der Waals surface area contributed by atoms with Gasteiger partial charge in [-0.2, -0.15) is 0 Å². The van der Waals surface area contributed by atoms with E-state index in [0.29, 0.717) is 11.6 Å². The summed E-state index contributed by atoms with van der Waals surface area (Å²) in [5.74, 6) is -0.340. The molecule has 0 saturated carbocycles. The van der Waals surface area contributed by atoms with Crippen LogP contribution in [0.15, 0.2) is 24.3 Å². The number of halogens is 1. The molecule has 2 N–H and O–H groups in total. The summed E-state index contributed by atoms with van der Waals surface area (Å²) in [6.45, 7) is 4.27. The van der Waals surface area contributed by atoms with Crippen LogP contribution in [0.25, 0.3) is 0 Å². The molecule has 0 heterocycles. The highest BCUT2D eigenvalue weighted by atomic mass is 35.5. The lowest BCUT2D eigenvalue weighted by Gasteiger charge is -2.13. The Morgan fingerprint density at radius 2 is 1.89 bits per heavy atom. The smallest absolute Gasteiger partial charge is 0.242 e. The van der Waals surface area contributed by atoms with Gasteiger partial charge in [0.15, 0.2) is 0 Å². The summed E-state index contributed by atoms with van der Waals surface area (Å²) in [5, 5.41) is 6.04. The van der Waals surface area contributed by atoms with Gasteiger partial charge in [0.2, 0.25) is 11.8 Å². The van der Waals surface area contributed by atoms with E-state index in [-0.39, 0.29) is 18.2 Å². The van der Waals surface area contributed by atoms with E-state index in [1.54, 1.807) is 31.2 Å². The maximum Gasteiger partial charge on any atom is 0.242 e. The largest absolute Gasteiger partial charge is 0.354 e. The summed E-state index contributed by atoms with van der Waals surface area (Å²) >= 11 is 5.77. The standard InChI is InChI=1S/C14H19ClN2O2/c1-3-8-16-14(19)10(2)17-13(18)9-11-4-6-12(15)7-5-11/h4-7,10H,3,8-9H2,1-2H3,(H,16,19)(H,17,18)/t10-/m1/s1. The van der Waals surface area contributed by atoms with Gasteiger partial charge in [-0.1, -0.05) is 30.7 Å². The van der Waals surface area contributed by atoms with Crippen LogP contribution in [-0.4, -0.2) is 24.4 Å². The van der Waals surface area contributed by atoms with Crippen molar-refractivity contribution in [3.8, 4) is 0 Å². The molecule has 1 rings (SSSR count). The van der Waals surface area contributed by atoms with E-state index >= 15 is 0 Å². The van der Waals surface area contributed by atoms with Crippen molar-refractivity contribution in [2.24, 2.45) is 0 Å². The second-order valence-corrected chi connectivity index (χ2v) is 4.82. The molecular formula is C14H19ClN2O2. The molecule has 0 spiro atoms. The molecule has 5 heteroatoms. The Morgan fingerprint density at radius 3 is 2.47 bits per heavy atom. The van der Waals surface area contributed by atoms with E-state index in [1.807, 2.05) is 6.92 Å². The molecule has 19 heavy (non-hydrogen) atoms. The van der Waals surface area contributed by atoms with Crippen LogP contribution in [0.5, 0.6) is 0 Å². The zero-order chi connectivity index (χ0) is 14.3. The maximum absolute atomic E-state index is 11.8. The molecule has 0 saturated heterocycles. The summed E-state index contributed by atoms with van der Waals surface area (Å²) in [5.41, 5.74) is 0.864. The fourth-order valence-electron chi connectivity index (χ4n) is 1.55. The first kappa shape index (κ1) is 15.5. The number of carbonyl (C=O) groups excluding carboxylic acids is 2. The molecule has 0 radical (unpaired) electrons. The minimum atomic E-state index is -0.522. The lowest BCUT2D eigenvalue weighted by molar-refractivity contribution is -0.128. The Morgan fingerprint density at radius 1 is 1.26 bits per heavy atom. The first-order chi connectivity index (χ1) is 9.02. The summed E-state index contributed by atoms with van der Waals surface area (Å²) in [6, 6.07) is 6.54. The molecule has 0 aliphatic carbocycles. The molecule has 1 aromatic rings. The van der Waals surface area contributed by atoms with Crippen LogP contribution in [-0.2, 0) is 16.0 Å². The van der Waals surface area contributed by atoms with Crippen LogP contribution < -0.4 is 10.6 Å². The molecular weight excluding hydrogens is 264 g/mol. The molecule has 0 unspecified atom stereocenters. The van der Waals surface area contributed by atoms with Gasteiger partial charge in [-0.25, -0.2) is 0 Å². The second kappa shape index (κ2) is 7.79. The number of nitrogens with one attached hydrogen (secondary N) is 2. The fraction of sp³-hybridized carbons (Fsp3) is 0.429. The molecule has 1 atom stereocenters. The van der Waals surface area contributed by atoms with Gasteiger partial charge in [0.05, 0.1) is 6.42 Å². The quantitative estimate of drug-likeness (QED) is 0.837. The van der Waals surface area contributed by atoms with Crippen LogP contribution in [0.2, 0.25) is 5.02 Å². The van der Waals surface area contributed by atoms with Crippen molar-refractivity contribution < 1.29 is 9.59 Å². The SMILES string of the molecule is CCCNC(=O)[C@@H](C)NC(=O)Cc1ccc(Cl)cc1. The summed E-state index contributed by atoms with van der Waals surface area (Å²) in [7, 11) is 0. The van der Waals surface area contributed by atoms with E-state index in [0.717, 1.165) is 12.0 Å². The van der Waals surface area contributed by atoms with Crippen molar-refractivity contribution in [3.05, 3.63) is 34.9 Å². The van der Waals surface area contributed by atoms with Gasteiger partial charge in [0, 0.05) is 11.6 Å². The third-order valence-corrected chi connectivity index (χ3v) is 2.85. The van der Waals surface area contributed by atoms with Crippen molar-refractivity contribution in [3.63, 3.8) is 0 Å². The number of hydrogen-bond acceptors (Lipinski definition) is 2.